The van der Waals surface area contributed by atoms with E-state index in [1.807, 2.05) is 11.3 Å². The molecule has 2 heterocycles. The van der Waals surface area contributed by atoms with Crippen molar-refractivity contribution in [3.8, 4) is 11.1 Å². The minimum Gasteiger partial charge on any atom is -0.453 e. The molecule has 11 rings (SSSR count). The molecule has 2 aromatic heterocycles. The van der Waals surface area contributed by atoms with E-state index in [0.29, 0.717) is 0 Å². The van der Waals surface area contributed by atoms with Crippen molar-refractivity contribution < 1.29 is 4.42 Å². The molecule has 0 bridgehead atoms. The van der Waals surface area contributed by atoms with Crippen molar-refractivity contribution >= 4 is 80.5 Å². The van der Waals surface area contributed by atoms with Gasteiger partial charge in [0.05, 0.1) is 5.69 Å². The molecule has 0 aliphatic rings. The van der Waals surface area contributed by atoms with Gasteiger partial charge < -0.3 is 9.32 Å². The molecule has 0 N–H and O–H groups in total. The van der Waals surface area contributed by atoms with Gasteiger partial charge in [0.25, 0.3) is 0 Å². The summed E-state index contributed by atoms with van der Waals surface area (Å²) in [5.41, 5.74) is 7.17. The summed E-state index contributed by atoms with van der Waals surface area (Å²) in [5.74, 6) is 0. The number of rotatable bonds is 8. The van der Waals surface area contributed by atoms with Crippen molar-refractivity contribution in [3.63, 3.8) is 0 Å². The summed E-state index contributed by atoms with van der Waals surface area (Å²) in [7, 11) is -1.83. The summed E-state index contributed by atoms with van der Waals surface area (Å²) in [6.45, 7) is 0. The Bertz CT molecular complexity index is 3110. The third-order valence-electron chi connectivity index (χ3n) is 11.2. The highest BCUT2D eigenvalue weighted by molar-refractivity contribution is 8.34. The average Bonchev–Trinajstić information content (AvgIpc) is 3.88. The number of nitrogens with zero attached hydrogens (tertiary/aromatic N) is 1. The van der Waals surface area contributed by atoms with Gasteiger partial charge in [0.1, 0.15) is 5.58 Å². The second kappa shape index (κ2) is 14.3. The largest absolute Gasteiger partial charge is 0.453 e. The molecule has 2 nitrogen and oxygen atoms in total. The molecule has 0 amide bonds. The standard InChI is InChI=1S/C54H37NOS2/c1-5-18-38(19-6-1)55(39-34-36-43(37-35-39)58(40-20-7-2-8-21-40,41-22-9-3-10-23-41)42-24-11-4-12-25-42)50-32-17-29-46-45-27-15-28-47(52(45)56-53(46)50)49-31-16-30-48-44-26-13-14-33-51(44)57-54(48)49/h1-37H. The third kappa shape index (κ3) is 5.48. The fourth-order valence-corrected chi connectivity index (χ4v) is 13.8. The lowest BCUT2D eigenvalue weighted by atomic mass is 10.00. The molecule has 0 fully saturated rings. The number of furan rings is 1. The smallest absolute Gasteiger partial charge is 0.159 e. The molecule has 9 aromatic carbocycles. The summed E-state index contributed by atoms with van der Waals surface area (Å²) >= 11 is 1.85. The Labute approximate surface area is 343 Å². The lowest BCUT2D eigenvalue weighted by Gasteiger charge is -2.42. The van der Waals surface area contributed by atoms with Gasteiger partial charge in [-0.2, -0.15) is 0 Å². The zero-order valence-electron chi connectivity index (χ0n) is 31.5. The van der Waals surface area contributed by atoms with E-state index in [4.69, 9.17) is 4.42 Å². The van der Waals surface area contributed by atoms with Crippen LogP contribution >= 0.6 is 21.4 Å². The fourth-order valence-electron chi connectivity index (χ4n) is 8.65. The van der Waals surface area contributed by atoms with E-state index in [-0.39, 0.29) is 0 Å². The third-order valence-corrected chi connectivity index (χ3v) is 16.3. The number of thiophene rings is 1. The van der Waals surface area contributed by atoms with E-state index in [2.05, 4.69) is 229 Å². The van der Waals surface area contributed by atoms with E-state index in [1.54, 1.807) is 0 Å². The van der Waals surface area contributed by atoms with Crippen LogP contribution in [-0.4, -0.2) is 0 Å². The molecule has 11 aromatic rings. The van der Waals surface area contributed by atoms with Gasteiger partial charge in [-0.3, -0.25) is 0 Å². The molecule has 4 heteroatoms. The molecule has 0 atom stereocenters. The van der Waals surface area contributed by atoms with Gasteiger partial charge in [-0.15, -0.1) is 21.4 Å². The maximum Gasteiger partial charge on any atom is 0.159 e. The summed E-state index contributed by atoms with van der Waals surface area (Å²) < 4.78 is 9.71. The molecular weight excluding hydrogens is 743 g/mol. The summed E-state index contributed by atoms with van der Waals surface area (Å²) in [6.07, 6.45) is 0. The minimum absolute atomic E-state index is 0.860. The van der Waals surface area contributed by atoms with Gasteiger partial charge in [-0.1, -0.05) is 140 Å². The minimum atomic E-state index is -1.83. The summed E-state index contributed by atoms with van der Waals surface area (Å²) in [5, 5.41) is 4.78. The van der Waals surface area contributed by atoms with E-state index in [1.165, 1.54) is 45.3 Å². The Morgan fingerprint density at radius 3 is 1.45 bits per heavy atom. The predicted molar refractivity (Wildman–Crippen MR) is 247 cm³/mol. The molecule has 0 aliphatic heterocycles. The number of para-hydroxylation sites is 3. The van der Waals surface area contributed by atoms with Crippen molar-refractivity contribution in [1.29, 1.82) is 0 Å². The monoisotopic (exact) mass is 779 g/mol. The highest BCUT2D eigenvalue weighted by Gasteiger charge is 2.33. The Hall–Kier alpha value is -6.85. The van der Waals surface area contributed by atoms with Crippen molar-refractivity contribution in [2.45, 2.75) is 19.6 Å². The van der Waals surface area contributed by atoms with Crippen molar-refractivity contribution in [1.82, 2.24) is 0 Å². The Morgan fingerprint density at radius 2 is 0.810 bits per heavy atom. The highest BCUT2D eigenvalue weighted by Crippen LogP contribution is 2.73. The fraction of sp³-hybridized carbons (Fsp3) is 0. The lowest BCUT2D eigenvalue weighted by Crippen LogP contribution is -2.11. The topological polar surface area (TPSA) is 16.4 Å². The number of anilines is 3. The molecule has 0 spiro atoms. The van der Waals surface area contributed by atoms with Gasteiger partial charge in [0, 0.05) is 73.0 Å². The van der Waals surface area contributed by atoms with Crippen LogP contribution < -0.4 is 4.90 Å². The molecule has 0 aliphatic carbocycles. The molecule has 0 saturated carbocycles. The van der Waals surface area contributed by atoms with Gasteiger partial charge in [0.15, 0.2) is 5.58 Å². The van der Waals surface area contributed by atoms with Crippen LogP contribution in [0.2, 0.25) is 0 Å². The SMILES string of the molecule is c1ccc(N(c2ccc(S(c3ccccc3)(c3ccccc3)c3ccccc3)cc2)c2cccc3c2oc2c(-c4cccc5c4sc4ccccc45)cccc23)cc1. The zero-order chi connectivity index (χ0) is 38.5. The number of hydrogen-bond acceptors (Lipinski definition) is 3. The Balaban J connectivity index is 1.10. The second-order valence-corrected chi connectivity index (χ2v) is 18.6. The van der Waals surface area contributed by atoms with Crippen LogP contribution in [0.5, 0.6) is 0 Å². The molecule has 276 valence electrons. The zero-order valence-corrected chi connectivity index (χ0v) is 33.2. The van der Waals surface area contributed by atoms with Gasteiger partial charge in [-0.25, -0.2) is 0 Å². The predicted octanol–water partition coefficient (Wildman–Crippen LogP) is 16.4. The van der Waals surface area contributed by atoms with Gasteiger partial charge >= 0.3 is 0 Å². The molecule has 58 heavy (non-hydrogen) atoms. The lowest BCUT2D eigenvalue weighted by molar-refractivity contribution is 0.670. The molecular formula is C54H37NOS2. The van der Waals surface area contributed by atoms with E-state index < -0.39 is 10.0 Å². The number of benzene rings is 9. The van der Waals surface area contributed by atoms with E-state index in [9.17, 15) is 0 Å². The number of hydrogen-bond donors (Lipinski definition) is 0. The van der Waals surface area contributed by atoms with Crippen LogP contribution in [0, 0.1) is 0 Å². The van der Waals surface area contributed by atoms with Crippen LogP contribution in [0.4, 0.5) is 17.1 Å². The van der Waals surface area contributed by atoms with E-state index in [0.717, 1.165) is 44.6 Å². The molecule has 0 radical (unpaired) electrons. The highest BCUT2D eigenvalue weighted by atomic mass is 32.3. The van der Waals surface area contributed by atoms with Crippen LogP contribution in [0.3, 0.4) is 0 Å². The van der Waals surface area contributed by atoms with Crippen molar-refractivity contribution in [3.05, 3.63) is 224 Å². The maximum atomic E-state index is 7.13. The average molecular weight is 780 g/mol. The summed E-state index contributed by atoms with van der Waals surface area (Å²) in [6, 6.07) is 81.4. The van der Waals surface area contributed by atoms with Crippen LogP contribution in [0.1, 0.15) is 0 Å². The van der Waals surface area contributed by atoms with Gasteiger partial charge in [0.2, 0.25) is 0 Å². The van der Waals surface area contributed by atoms with Crippen LogP contribution in [0.25, 0.3) is 53.2 Å². The molecule has 0 saturated heterocycles. The second-order valence-electron chi connectivity index (χ2n) is 14.4. The quantitative estimate of drug-likeness (QED) is 0.153. The Morgan fingerprint density at radius 1 is 0.345 bits per heavy atom. The maximum absolute atomic E-state index is 7.13. The van der Waals surface area contributed by atoms with Crippen molar-refractivity contribution in [2.24, 2.45) is 0 Å². The Kier molecular flexibility index (Phi) is 8.46. The first kappa shape index (κ1) is 34.4. The van der Waals surface area contributed by atoms with Crippen molar-refractivity contribution in [2.75, 3.05) is 4.90 Å². The number of fused-ring (bicyclic) bond motifs is 6. The van der Waals surface area contributed by atoms with Crippen LogP contribution in [-0.2, 0) is 0 Å². The first-order valence-corrected chi connectivity index (χ1v) is 22.0. The molecule has 0 unspecified atom stereocenters. The normalized spacial score (nSPS) is 12.1. The first-order chi connectivity index (χ1) is 28.8. The van der Waals surface area contributed by atoms with E-state index >= 15 is 0 Å². The first-order valence-electron chi connectivity index (χ1n) is 19.6. The summed E-state index contributed by atoms with van der Waals surface area (Å²) in [4.78, 5) is 7.51. The van der Waals surface area contributed by atoms with Gasteiger partial charge in [-0.05, 0) is 84.9 Å². The van der Waals surface area contributed by atoms with Crippen LogP contribution in [0.15, 0.2) is 248 Å².